The van der Waals surface area contributed by atoms with Crippen LogP contribution >= 0.6 is 20.4 Å². The van der Waals surface area contributed by atoms with Gasteiger partial charge in [0.25, 0.3) is 0 Å². The van der Waals surface area contributed by atoms with Crippen molar-refractivity contribution in [3.63, 3.8) is 0 Å². The molecule has 2 rings (SSSR count). The molecular formula is C17H20F6N2O2PS-. The van der Waals surface area contributed by atoms with E-state index >= 15 is 0 Å². The van der Waals surface area contributed by atoms with Crippen molar-refractivity contribution in [1.29, 1.82) is 0 Å². The van der Waals surface area contributed by atoms with Gasteiger partial charge >= 0.3 is 38.7 Å². The molecule has 0 amide bonds. The van der Waals surface area contributed by atoms with Gasteiger partial charge in [-0.05, 0) is 26.3 Å². The fourth-order valence-electron chi connectivity index (χ4n) is 2.37. The molecule has 0 heterocycles. The fraction of sp³-hybridized carbons (Fsp3) is 0.353. The summed E-state index contributed by atoms with van der Waals surface area (Å²) < 4.78 is 70.6. The van der Waals surface area contributed by atoms with Gasteiger partial charge in [-0.25, -0.2) is 0 Å². The van der Waals surface area contributed by atoms with Gasteiger partial charge in [0.2, 0.25) is 0 Å². The average molecular weight is 461 g/mol. The summed E-state index contributed by atoms with van der Waals surface area (Å²) in [4.78, 5) is 4.01. The molecule has 1 aromatic carbocycles. The van der Waals surface area contributed by atoms with E-state index in [-0.39, 0.29) is 0 Å². The minimum atomic E-state index is -10.7. The molecule has 0 saturated heterocycles. The van der Waals surface area contributed by atoms with Crippen molar-refractivity contribution >= 4 is 31.7 Å². The van der Waals surface area contributed by atoms with E-state index in [1.165, 1.54) is 5.56 Å². The van der Waals surface area contributed by atoms with Gasteiger partial charge in [0.1, 0.15) is 5.76 Å². The molecule has 0 bridgehead atoms. The molecule has 0 aliphatic heterocycles. The summed E-state index contributed by atoms with van der Waals surface area (Å²) in [6.07, 6.45) is 1.22. The van der Waals surface area contributed by atoms with Crippen LogP contribution in [0, 0.1) is 6.92 Å². The normalized spacial score (nSPS) is 19.3. The van der Waals surface area contributed by atoms with Gasteiger partial charge in [-0.15, -0.1) is 12.6 Å². The van der Waals surface area contributed by atoms with Gasteiger partial charge in [0, 0.05) is 17.1 Å². The van der Waals surface area contributed by atoms with Crippen LogP contribution in [0.15, 0.2) is 41.0 Å². The summed E-state index contributed by atoms with van der Waals surface area (Å²) in [5, 5.41) is 0. The molecular weight excluding hydrogens is 441 g/mol. The Morgan fingerprint density at radius 1 is 1.03 bits per heavy atom. The number of ether oxygens (including phenoxy) is 2. The summed E-state index contributed by atoms with van der Waals surface area (Å²) in [6, 6.07) is 8.13. The number of benzene rings is 1. The Morgan fingerprint density at radius 2 is 1.55 bits per heavy atom. The third-order valence-corrected chi connectivity index (χ3v) is 3.85. The van der Waals surface area contributed by atoms with Gasteiger partial charge in [-0.3, -0.25) is 0 Å². The van der Waals surface area contributed by atoms with E-state index in [1.807, 2.05) is 45.0 Å². The van der Waals surface area contributed by atoms with Crippen LogP contribution < -0.4 is 0 Å². The van der Waals surface area contributed by atoms with Crippen LogP contribution in [-0.4, -0.2) is 29.8 Å². The van der Waals surface area contributed by atoms with Gasteiger partial charge in [-0.1, -0.05) is 29.8 Å². The first-order valence-corrected chi connectivity index (χ1v) is 10.8. The van der Waals surface area contributed by atoms with E-state index < -0.39 is 13.9 Å². The Hall–Kier alpha value is -1.80. The number of hydrogen-bond donors (Lipinski definition) is 1. The number of nitrogens with zero attached hydrogens (tertiary/aromatic N) is 2. The van der Waals surface area contributed by atoms with Crippen LogP contribution in [0.2, 0.25) is 0 Å². The van der Waals surface area contributed by atoms with Gasteiger partial charge in [0.05, 0.1) is 12.7 Å². The molecule has 0 N–H and O–H groups in total. The molecule has 0 saturated carbocycles. The molecule has 0 spiro atoms. The zero-order valence-corrected chi connectivity index (χ0v) is 17.5. The van der Waals surface area contributed by atoms with Crippen molar-refractivity contribution in [2.24, 2.45) is 0 Å². The number of halogens is 6. The van der Waals surface area contributed by atoms with Crippen molar-refractivity contribution in [1.82, 2.24) is 0 Å². The number of aryl methyl sites for hydroxylation is 1. The molecule has 1 atom stereocenters. The summed E-state index contributed by atoms with van der Waals surface area (Å²) in [7, 11) is -10.7. The van der Waals surface area contributed by atoms with Crippen molar-refractivity contribution in [3.8, 4) is 0 Å². The van der Waals surface area contributed by atoms with Crippen LogP contribution in [0.1, 0.15) is 25.0 Å². The van der Waals surface area contributed by atoms with E-state index in [9.17, 15) is 30.7 Å². The summed E-state index contributed by atoms with van der Waals surface area (Å²) >= 11 is 4.63. The number of thiol groups is 1. The molecule has 0 aromatic heterocycles. The minimum absolute atomic E-state index is 0.395. The SMILES string of the molecule is CCOC1=CC(=[N+]=[N-])C(OCC)C(S)=C1c1ccc(C)cc1.F[P-](F)(F)(F)(F)F. The zero-order chi connectivity index (χ0) is 22.5. The topological polar surface area (TPSA) is 54.9 Å². The fourth-order valence-corrected chi connectivity index (χ4v) is 2.82. The van der Waals surface area contributed by atoms with E-state index in [2.05, 4.69) is 17.4 Å². The van der Waals surface area contributed by atoms with Gasteiger partial charge < -0.3 is 15.0 Å². The standard InChI is InChI=1S/C17H20N2O2S.F6P/c1-4-20-14-10-13(19-18)16(21-5-2)17(22)15(14)12-8-6-11(3)7-9-12;1-7(2,3,4,5)6/h6-10,16,22H,4-5H2,1-3H3;/q;-1. The zero-order valence-electron chi connectivity index (χ0n) is 15.8. The third kappa shape index (κ3) is 9.49. The van der Waals surface area contributed by atoms with E-state index in [4.69, 9.17) is 9.47 Å². The summed E-state index contributed by atoms with van der Waals surface area (Å²) in [5.74, 6) is 0.639. The number of hydrogen-bond acceptors (Lipinski definition) is 3. The second-order valence-electron chi connectivity index (χ2n) is 5.89. The molecule has 12 heteroatoms. The Morgan fingerprint density at radius 3 is 1.97 bits per heavy atom. The van der Waals surface area contributed by atoms with Gasteiger partial charge in [-0.2, -0.15) is 4.79 Å². The first kappa shape index (κ1) is 25.2. The molecule has 164 valence electrons. The van der Waals surface area contributed by atoms with Crippen LogP contribution in [0.3, 0.4) is 0 Å². The maximum atomic E-state index is 9.87. The monoisotopic (exact) mass is 461 g/mol. The summed E-state index contributed by atoms with van der Waals surface area (Å²) in [5.41, 5.74) is 12.7. The Balaban J connectivity index is 0.000000516. The molecule has 0 fully saturated rings. The predicted molar refractivity (Wildman–Crippen MR) is 104 cm³/mol. The van der Waals surface area contributed by atoms with Crippen LogP contribution in [0.4, 0.5) is 25.2 Å². The Labute approximate surface area is 169 Å². The van der Waals surface area contributed by atoms with Crippen LogP contribution in [0.5, 0.6) is 0 Å². The summed E-state index contributed by atoms with van der Waals surface area (Å²) in [6.45, 7) is 6.85. The van der Waals surface area contributed by atoms with Crippen molar-refractivity contribution in [2.45, 2.75) is 26.9 Å². The molecule has 1 unspecified atom stereocenters. The Kier molecular flexibility index (Phi) is 7.41. The maximum absolute atomic E-state index is 10.7. The molecule has 0 radical (unpaired) electrons. The average Bonchev–Trinajstić information content (AvgIpc) is 2.56. The second kappa shape index (κ2) is 8.52. The molecule has 4 nitrogen and oxygen atoms in total. The third-order valence-electron chi connectivity index (χ3n) is 3.39. The molecule has 29 heavy (non-hydrogen) atoms. The first-order chi connectivity index (χ1) is 13.1. The van der Waals surface area contributed by atoms with Crippen molar-refractivity contribution < 1.29 is 39.4 Å². The number of rotatable bonds is 5. The number of allylic oxidation sites excluding steroid dienone is 1. The molecule has 1 aliphatic carbocycles. The van der Waals surface area contributed by atoms with Crippen molar-refractivity contribution in [2.75, 3.05) is 13.2 Å². The molecule has 1 aliphatic rings. The van der Waals surface area contributed by atoms with Crippen molar-refractivity contribution in [3.05, 3.63) is 57.7 Å². The van der Waals surface area contributed by atoms with Crippen LogP contribution in [0.25, 0.3) is 11.1 Å². The molecule has 1 aromatic rings. The quantitative estimate of drug-likeness (QED) is 0.168. The van der Waals surface area contributed by atoms with E-state index in [0.29, 0.717) is 29.6 Å². The Bertz CT molecular complexity index is 849. The first-order valence-electron chi connectivity index (χ1n) is 8.32. The van der Waals surface area contributed by atoms with E-state index in [0.717, 1.165) is 11.1 Å². The van der Waals surface area contributed by atoms with Gasteiger partial charge in [0.15, 0.2) is 6.10 Å². The predicted octanol–water partition coefficient (Wildman–Crippen LogP) is 7.03. The second-order valence-corrected chi connectivity index (χ2v) is 8.28. The van der Waals surface area contributed by atoms with Crippen LogP contribution in [-0.2, 0) is 9.47 Å². The van der Waals surface area contributed by atoms with E-state index in [1.54, 1.807) is 6.08 Å².